The molecule has 1 aromatic heterocycles. The van der Waals surface area contributed by atoms with E-state index in [1.54, 1.807) is 0 Å². The molecule has 0 unspecified atom stereocenters. The maximum Gasteiger partial charge on any atom is 0.358 e. The highest BCUT2D eigenvalue weighted by Crippen LogP contribution is 2.16. The summed E-state index contributed by atoms with van der Waals surface area (Å²) in [6.07, 6.45) is -1.05. The van der Waals surface area contributed by atoms with E-state index in [4.69, 9.17) is 20.1 Å². The summed E-state index contributed by atoms with van der Waals surface area (Å²) in [5, 5.41) is 26.8. The number of hydrogen-bond acceptors (Lipinski definition) is 7. The first-order valence-corrected chi connectivity index (χ1v) is 5.32. The molecule has 9 heteroatoms. The zero-order chi connectivity index (χ0) is 15.4. The van der Waals surface area contributed by atoms with E-state index in [9.17, 15) is 14.4 Å². The number of aliphatic hydroxyl groups excluding tert-OH is 1. The number of nitrogens with zero attached hydrogens (tertiary/aromatic N) is 1. The number of rotatable bonds is 5. The van der Waals surface area contributed by atoms with E-state index >= 15 is 0 Å². The molecule has 1 heterocycles. The molecule has 0 atom stereocenters. The van der Waals surface area contributed by atoms with Gasteiger partial charge in [-0.1, -0.05) is 0 Å². The number of ether oxygens (including phenoxy) is 2. The van der Waals surface area contributed by atoms with Gasteiger partial charge in [0.05, 0.1) is 20.8 Å². The van der Waals surface area contributed by atoms with E-state index in [0.717, 1.165) is 25.0 Å². The number of pyridine rings is 1. The van der Waals surface area contributed by atoms with E-state index in [2.05, 4.69) is 4.74 Å². The lowest BCUT2D eigenvalue weighted by atomic mass is 10.2. The Balaban J connectivity index is 3.69. The molecular formula is C11H13NO8. The van der Waals surface area contributed by atoms with Gasteiger partial charge in [0.1, 0.15) is 5.56 Å². The smallest absolute Gasteiger partial charge is 0.358 e. The van der Waals surface area contributed by atoms with Crippen molar-refractivity contribution in [1.29, 1.82) is 0 Å². The third-order valence-corrected chi connectivity index (χ3v) is 2.41. The van der Waals surface area contributed by atoms with Crippen LogP contribution in [-0.4, -0.2) is 52.3 Å². The molecule has 0 aliphatic heterocycles. The number of hydrogen-bond donors (Lipinski definition) is 3. The summed E-state index contributed by atoms with van der Waals surface area (Å²) in [6.45, 7) is -0.540. The largest absolute Gasteiger partial charge is 0.491 e. The van der Waals surface area contributed by atoms with Gasteiger partial charge in [-0.3, -0.25) is 4.79 Å². The predicted molar refractivity (Wildman–Crippen MR) is 63.8 cm³/mol. The summed E-state index contributed by atoms with van der Waals surface area (Å²) in [5.74, 6) is -3.06. The third kappa shape index (κ3) is 2.95. The maximum atomic E-state index is 11.9. The molecule has 1 aromatic rings. The monoisotopic (exact) mass is 287 g/mol. The molecule has 110 valence electrons. The molecule has 0 aliphatic rings. The molecule has 0 fully saturated rings. The van der Waals surface area contributed by atoms with Crippen molar-refractivity contribution in [3.05, 3.63) is 27.7 Å². The second kappa shape index (κ2) is 6.17. The van der Waals surface area contributed by atoms with E-state index in [1.165, 1.54) is 0 Å². The predicted octanol–water partition coefficient (Wildman–Crippen LogP) is -1.35. The second-order valence-corrected chi connectivity index (χ2v) is 3.68. The van der Waals surface area contributed by atoms with Crippen LogP contribution in [0.5, 0.6) is 5.75 Å². The van der Waals surface area contributed by atoms with E-state index in [1.807, 2.05) is 0 Å². The second-order valence-electron chi connectivity index (χ2n) is 3.68. The van der Waals surface area contributed by atoms with Gasteiger partial charge in [0.25, 0.3) is 0 Å². The highest BCUT2D eigenvalue weighted by Gasteiger charge is 2.26. The summed E-state index contributed by atoms with van der Waals surface area (Å²) in [4.78, 5) is 34.5. The van der Waals surface area contributed by atoms with Gasteiger partial charge in [-0.2, -0.15) is 0 Å². The molecule has 0 amide bonds. The Hall–Kier alpha value is -2.39. The van der Waals surface area contributed by atoms with Crippen molar-refractivity contribution in [3.8, 4) is 5.75 Å². The number of carboxylic acid groups (broad SMARTS) is 1. The number of esters is 1. The molecule has 3 N–H and O–H groups in total. The number of carbonyl (C=O) groups excluding carboxylic acids is 1. The number of methoxy groups -OCH3 is 2. The first-order chi connectivity index (χ1) is 9.33. The van der Waals surface area contributed by atoms with Gasteiger partial charge in [-0.25, -0.2) is 9.59 Å². The summed E-state index contributed by atoms with van der Waals surface area (Å²) >= 11 is 0. The van der Waals surface area contributed by atoms with Crippen LogP contribution in [0.4, 0.5) is 0 Å². The molecular weight excluding hydrogens is 274 g/mol. The average molecular weight is 287 g/mol. The van der Waals surface area contributed by atoms with Crippen LogP contribution in [0.1, 0.15) is 20.8 Å². The van der Waals surface area contributed by atoms with Gasteiger partial charge >= 0.3 is 11.9 Å². The summed E-state index contributed by atoms with van der Waals surface area (Å²) in [7, 11) is 2.13. The van der Waals surface area contributed by atoms with Gasteiger partial charge in [0, 0.05) is 6.20 Å². The third-order valence-electron chi connectivity index (χ3n) is 2.41. The van der Waals surface area contributed by atoms with Crippen molar-refractivity contribution in [1.82, 2.24) is 4.57 Å². The van der Waals surface area contributed by atoms with Crippen molar-refractivity contribution < 1.29 is 34.4 Å². The van der Waals surface area contributed by atoms with Gasteiger partial charge in [0.2, 0.25) is 5.43 Å². The summed E-state index contributed by atoms with van der Waals surface area (Å²) < 4.78 is 10.1. The maximum absolute atomic E-state index is 11.9. The minimum atomic E-state index is -1.87. The van der Waals surface area contributed by atoms with Crippen LogP contribution in [0.3, 0.4) is 0 Å². The number of aromatic carboxylic acids is 1. The van der Waals surface area contributed by atoms with Crippen LogP contribution in [0.2, 0.25) is 0 Å². The topological polar surface area (TPSA) is 135 Å². The molecule has 0 bridgehead atoms. The lowest BCUT2D eigenvalue weighted by molar-refractivity contribution is -0.0519. The Bertz CT molecular complexity index is 589. The first kappa shape index (κ1) is 15.7. The van der Waals surface area contributed by atoms with Crippen molar-refractivity contribution in [2.24, 2.45) is 0 Å². The van der Waals surface area contributed by atoms with Gasteiger partial charge < -0.3 is 29.4 Å². The number of aromatic nitrogens is 1. The zero-order valence-electron chi connectivity index (χ0n) is 10.7. The lowest BCUT2D eigenvalue weighted by Crippen LogP contribution is -2.28. The molecule has 0 aliphatic carbocycles. The van der Waals surface area contributed by atoms with Crippen molar-refractivity contribution in [2.45, 2.75) is 12.8 Å². The highest BCUT2D eigenvalue weighted by atomic mass is 16.5. The quantitative estimate of drug-likeness (QED) is 0.447. The first-order valence-electron chi connectivity index (χ1n) is 5.32. The number of aliphatic hydroxyl groups is 2. The summed E-state index contributed by atoms with van der Waals surface area (Å²) in [6, 6.07) is 0. The van der Waals surface area contributed by atoms with E-state index in [0.29, 0.717) is 0 Å². The van der Waals surface area contributed by atoms with Crippen molar-refractivity contribution in [2.75, 3.05) is 14.2 Å². The fourth-order valence-electron chi connectivity index (χ4n) is 1.61. The standard InChI is InChI=1S/C11H13NO8/c1-19-9-7(11(18)20-2)12(4-6(13)14)3-5(8(9)15)10(16)17/h3,6,13-14H,4H2,1-2H3,(H,16,17). The minimum absolute atomic E-state index is 0.405. The Kier molecular flexibility index (Phi) is 4.83. The fourth-order valence-corrected chi connectivity index (χ4v) is 1.61. The molecule has 1 rings (SSSR count). The highest BCUT2D eigenvalue weighted by molar-refractivity contribution is 5.93. The number of carbonyl (C=O) groups is 2. The van der Waals surface area contributed by atoms with Gasteiger partial charge in [-0.05, 0) is 0 Å². The van der Waals surface area contributed by atoms with Crippen LogP contribution in [0.15, 0.2) is 11.0 Å². The molecule has 0 radical (unpaired) electrons. The molecule has 0 aromatic carbocycles. The van der Waals surface area contributed by atoms with E-state index < -0.39 is 47.2 Å². The van der Waals surface area contributed by atoms with Gasteiger partial charge in [-0.15, -0.1) is 0 Å². The number of carboxylic acids is 1. The van der Waals surface area contributed by atoms with E-state index in [-0.39, 0.29) is 0 Å². The molecule has 0 spiro atoms. The molecule has 20 heavy (non-hydrogen) atoms. The van der Waals surface area contributed by atoms with Crippen LogP contribution in [-0.2, 0) is 11.3 Å². The normalized spacial score (nSPS) is 10.4. The van der Waals surface area contributed by atoms with Crippen LogP contribution in [0.25, 0.3) is 0 Å². The Morgan fingerprint density at radius 3 is 2.35 bits per heavy atom. The molecule has 0 saturated heterocycles. The summed E-state index contributed by atoms with van der Waals surface area (Å²) in [5.41, 5.74) is -2.09. The lowest BCUT2D eigenvalue weighted by Gasteiger charge is -2.16. The van der Waals surface area contributed by atoms with Crippen molar-refractivity contribution in [3.63, 3.8) is 0 Å². The SMILES string of the molecule is COC(=O)c1c(OC)c(=O)c(C(=O)O)cn1CC(O)O. The molecule has 9 nitrogen and oxygen atoms in total. The molecule has 0 saturated carbocycles. The fraction of sp³-hybridized carbons (Fsp3) is 0.364. The average Bonchev–Trinajstić information content (AvgIpc) is 2.38. The van der Waals surface area contributed by atoms with Crippen LogP contribution < -0.4 is 10.2 Å². The van der Waals surface area contributed by atoms with Gasteiger partial charge in [0.15, 0.2) is 17.7 Å². The Labute approximate surface area is 112 Å². The Morgan fingerprint density at radius 2 is 1.95 bits per heavy atom. The van der Waals surface area contributed by atoms with Crippen molar-refractivity contribution >= 4 is 11.9 Å². The van der Waals surface area contributed by atoms with Crippen LogP contribution in [0, 0.1) is 0 Å². The van der Waals surface area contributed by atoms with Crippen LogP contribution >= 0.6 is 0 Å². The Morgan fingerprint density at radius 1 is 1.35 bits per heavy atom. The minimum Gasteiger partial charge on any atom is -0.491 e. The zero-order valence-corrected chi connectivity index (χ0v) is 10.7.